The third kappa shape index (κ3) is 5.95. The fourth-order valence-corrected chi connectivity index (χ4v) is 4.02. The third-order valence-corrected chi connectivity index (χ3v) is 5.59. The molecule has 0 radical (unpaired) electrons. The van der Waals surface area contributed by atoms with Crippen molar-refractivity contribution in [3.63, 3.8) is 0 Å². The van der Waals surface area contributed by atoms with Crippen LogP contribution in [0.15, 0.2) is 34.8 Å². The van der Waals surface area contributed by atoms with Crippen molar-refractivity contribution < 1.29 is 83.6 Å². The summed E-state index contributed by atoms with van der Waals surface area (Å²) in [4.78, 5) is 9.59. The van der Waals surface area contributed by atoms with Crippen LogP contribution in [0.5, 0.6) is 11.5 Å². The molecule has 0 N–H and O–H groups in total. The maximum absolute atomic E-state index is 13.0. The average molecular weight is 511 g/mol. The molecule has 0 bridgehead atoms. The van der Waals surface area contributed by atoms with E-state index in [2.05, 4.69) is 20.7 Å². The number of benzene rings is 2. The molecular weight excluding hydrogens is 492 g/mol. The zero-order chi connectivity index (χ0) is 21.2. The van der Waals surface area contributed by atoms with Gasteiger partial charge in [0.15, 0.2) is 0 Å². The van der Waals surface area contributed by atoms with Crippen molar-refractivity contribution in [2.45, 2.75) is 32.0 Å². The number of ether oxygens (including phenoxy) is 3. The van der Waals surface area contributed by atoms with Gasteiger partial charge in [-0.15, -0.1) is 12.0 Å². The van der Waals surface area contributed by atoms with E-state index < -0.39 is 11.7 Å². The molecular formula is C21H19BrF3KO4. The minimum absolute atomic E-state index is 0. The number of carbonyl (C=O) groups excluding carboxylic acids is 1. The van der Waals surface area contributed by atoms with Crippen LogP contribution in [0.2, 0.25) is 0 Å². The van der Waals surface area contributed by atoms with Gasteiger partial charge in [-0.1, -0.05) is 12.1 Å². The molecule has 0 saturated carbocycles. The van der Waals surface area contributed by atoms with Gasteiger partial charge < -0.3 is 14.2 Å². The number of methoxy groups -OCH3 is 1. The van der Waals surface area contributed by atoms with Gasteiger partial charge in [0.25, 0.3) is 0 Å². The molecule has 0 saturated heterocycles. The molecule has 1 atom stereocenters. The van der Waals surface area contributed by atoms with Crippen LogP contribution < -0.4 is 60.9 Å². The SMILES string of the molecule is COC(C)=O.FC(F)(F)c1ccc2c(c1Br)CC[C@H]2Oc1ccc2c(c1)OC[CH-]2.[K+]. The normalized spacial score (nSPS) is 16.0. The van der Waals surface area contributed by atoms with Crippen LogP contribution in [-0.4, -0.2) is 19.7 Å². The largest absolute Gasteiger partial charge is 1.00 e. The minimum atomic E-state index is -4.36. The topological polar surface area (TPSA) is 44.8 Å². The van der Waals surface area contributed by atoms with Gasteiger partial charge in [-0.2, -0.15) is 19.2 Å². The van der Waals surface area contributed by atoms with E-state index in [0.29, 0.717) is 30.8 Å². The van der Waals surface area contributed by atoms with Gasteiger partial charge in [0.2, 0.25) is 0 Å². The van der Waals surface area contributed by atoms with E-state index in [-0.39, 0.29) is 67.9 Å². The zero-order valence-corrected chi connectivity index (χ0v) is 21.5. The first-order valence-corrected chi connectivity index (χ1v) is 9.69. The fourth-order valence-electron chi connectivity index (χ4n) is 3.23. The maximum Gasteiger partial charge on any atom is 1.00 e. The Morgan fingerprint density at radius 3 is 2.60 bits per heavy atom. The number of halogens is 4. The van der Waals surface area contributed by atoms with Gasteiger partial charge in [0, 0.05) is 23.8 Å². The van der Waals surface area contributed by atoms with Gasteiger partial charge in [-0.25, -0.2) is 0 Å². The minimum Gasteiger partial charge on any atom is -0.558 e. The molecule has 1 aliphatic carbocycles. The summed E-state index contributed by atoms with van der Waals surface area (Å²) in [6, 6.07) is 8.26. The van der Waals surface area contributed by atoms with Gasteiger partial charge in [0.05, 0.1) is 18.4 Å². The smallest absolute Gasteiger partial charge is 0.558 e. The van der Waals surface area contributed by atoms with E-state index in [1.165, 1.54) is 20.1 Å². The van der Waals surface area contributed by atoms with E-state index >= 15 is 0 Å². The van der Waals surface area contributed by atoms with Crippen molar-refractivity contribution in [3.8, 4) is 11.5 Å². The summed E-state index contributed by atoms with van der Waals surface area (Å²) in [7, 11) is 1.35. The molecule has 1 heterocycles. The number of esters is 1. The number of hydrogen-bond acceptors (Lipinski definition) is 4. The van der Waals surface area contributed by atoms with Gasteiger partial charge in [-0.3, -0.25) is 4.79 Å². The number of fused-ring (bicyclic) bond motifs is 2. The molecule has 0 spiro atoms. The van der Waals surface area contributed by atoms with Crippen LogP contribution in [0.25, 0.3) is 0 Å². The molecule has 0 unspecified atom stereocenters. The Kier molecular flexibility index (Phi) is 9.14. The molecule has 2 aromatic rings. The van der Waals surface area contributed by atoms with E-state index in [1.54, 1.807) is 0 Å². The quantitative estimate of drug-likeness (QED) is 0.354. The number of rotatable bonds is 2. The van der Waals surface area contributed by atoms with E-state index in [1.807, 2.05) is 24.6 Å². The molecule has 4 rings (SSSR count). The van der Waals surface area contributed by atoms with Crippen molar-refractivity contribution in [2.24, 2.45) is 0 Å². The second-order valence-electron chi connectivity index (χ2n) is 6.55. The first-order chi connectivity index (χ1) is 13.7. The first-order valence-electron chi connectivity index (χ1n) is 8.90. The summed E-state index contributed by atoms with van der Waals surface area (Å²) in [5.74, 6) is 1.20. The van der Waals surface area contributed by atoms with E-state index in [9.17, 15) is 18.0 Å². The molecule has 1 aliphatic heterocycles. The van der Waals surface area contributed by atoms with Gasteiger partial charge >= 0.3 is 63.5 Å². The Bertz CT molecular complexity index is 918. The predicted molar refractivity (Wildman–Crippen MR) is 104 cm³/mol. The van der Waals surface area contributed by atoms with E-state index in [4.69, 9.17) is 9.47 Å². The second kappa shape index (κ2) is 10.7. The summed E-state index contributed by atoms with van der Waals surface area (Å²) in [6.07, 6.45) is -1.42. The van der Waals surface area contributed by atoms with Crippen LogP contribution in [0.4, 0.5) is 13.2 Å². The Hall–Kier alpha value is -0.714. The van der Waals surface area contributed by atoms with Crippen molar-refractivity contribution in [2.75, 3.05) is 13.7 Å². The van der Waals surface area contributed by atoms with Crippen LogP contribution in [-0.2, 0) is 22.1 Å². The summed E-state index contributed by atoms with van der Waals surface area (Å²) in [6.45, 7) is 1.91. The standard InChI is InChI=1S/C18H13BrF3O2.C3H6O2.K/c19-17-13-4-6-15(12(13)3-5-14(17)18(20,21)22)24-11-2-1-10-7-8-23-16(10)9-11;1-3(4)5-2;/h1-3,5,7,9,15H,4,6,8H2;1-2H3;/q-1;;+1/t15-;;/m1../s1. The zero-order valence-electron chi connectivity index (χ0n) is 16.8. The van der Waals surface area contributed by atoms with Gasteiger partial charge in [-0.05, 0) is 52.0 Å². The molecule has 4 nitrogen and oxygen atoms in total. The van der Waals surface area contributed by atoms with Crippen LogP contribution in [0.3, 0.4) is 0 Å². The van der Waals surface area contributed by atoms with Crippen molar-refractivity contribution >= 4 is 21.9 Å². The predicted octanol–water partition coefficient (Wildman–Crippen LogP) is 2.66. The second-order valence-corrected chi connectivity index (χ2v) is 7.34. The third-order valence-electron chi connectivity index (χ3n) is 4.68. The summed E-state index contributed by atoms with van der Waals surface area (Å²) in [5.41, 5.74) is 1.89. The Morgan fingerprint density at radius 2 is 1.97 bits per heavy atom. The van der Waals surface area contributed by atoms with Crippen molar-refractivity contribution in [1.29, 1.82) is 0 Å². The van der Waals surface area contributed by atoms with Crippen LogP contribution in [0.1, 0.15) is 41.7 Å². The summed E-state index contributed by atoms with van der Waals surface area (Å²) >= 11 is 3.12. The number of hydrogen-bond donors (Lipinski definition) is 0. The monoisotopic (exact) mass is 510 g/mol. The van der Waals surface area contributed by atoms with Crippen molar-refractivity contribution in [3.05, 3.63) is 63.5 Å². The van der Waals surface area contributed by atoms with Crippen LogP contribution in [0, 0.1) is 6.42 Å². The summed E-state index contributed by atoms with van der Waals surface area (Å²) < 4.78 is 54.8. The molecule has 9 heteroatoms. The van der Waals surface area contributed by atoms with Gasteiger partial charge in [0.1, 0.15) is 6.10 Å². The van der Waals surface area contributed by atoms with E-state index in [0.717, 1.165) is 22.9 Å². The first kappa shape index (κ1) is 25.5. The van der Waals surface area contributed by atoms with Crippen molar-refractivity contribution in [1.82, 2.24) is 0 Å². The molecule has 30 heavy (non-hydrogen) atoms. The Labute approximate surface area is 224 Å². The molecule has 0 amide bonds. The number of carbonyl (C=O) groups is 1. The average Bonchev–Trinajstić information content (AvgIpc) is 3.28. The molecule has 156 valence electrons. The molecule has 2 aromatic carbocycles. The Balaban J connectivity index is 0.000000482. The molecule has 0 aromatic heterocycles. The molecule has 0 fully saturated rings. The Morgan fingerprint density at radius 1 is 1.27 bits per heavy atom. The fraction of sp³-hybridized carbons (Fsp3) is 0.333. The maximum atomic E-state index is 13.0. The molecule has 2 aliphatic rings. The summed E-state index contributed by atoms with van der Waals surface area (Å²) in [5, 5.41) is 0. The van der Waals surface area contributed by atoms with Crippen LogP contribution >= 0.6 is 15.9 Å². The number of alkyl halides is 3.